The van der Waals surface area contributed by atoms with Crippen LogP contribution in [0, 0.1) is 5.92 Å². The highest BCUT2D eigenvalue weighted by Gasteiger charge is 2.43. The molecule has 1 aliphatic rings. The summed E-state index contributed by atoms with van der Waals surface area (Å²) in [5, 5.41) is 0. The second kappa shape index (κ2) is 3.45. The Morgan fingerprint density at radius 2 is 1.93 bits per heavy atom. The fourth-order valence-electron chi connectivity index (χ4n) is 2.19. The zero-order chi connectivity index (χ0) is 10.1. The van der Waals surface area contributed by atoms with Crippen molar-refractivity contribution in [1.82, 2.24) is 4.90 Å². The van der Waals surface area contributed by atoms with Gasteiger partial charge < -0.3 is 4.90 Å². The maximum Gasteiger partial charge on any atom is 0.228 e. The number of hydrogen-bond donors (Lipinski definition) is 0. The first-order valence-corrected chi connectivity index (χ1v) is 5.11. The van der Waals surface area contributed by atoms with Crippen molar-refractivity contribution in [2.75, 3.05) is 6.54 Å². The zero-order valence-corrected chi connectivity index (χ0v) is 8.60. The van der Waals surface area contributed by atoms with Gasteiger partial charge in [0.05, 0.1) is 12.0 Å². The van der Waals surface area contributed by atoms with E-state index in [1.807, 2.05) is 36.9 Å². The van der Waals surface area contributed by atoms with E-state index in [0.29, 0.717) is 6.04 Å². The molecule has 1 fully saturated rings. The fraction of sp³-hybridized carbons (Fsp3) is 0.417. The maximum atomic E-state index is 11.5. The summed E-state index contributed by atoms with van der Waals surface area (Å²) >= 11 is 0. The first kappa shape index (κ1) is 9.25. The Balaban J connectivity index is 2.23. The summed E-state index contributed by atoms with van der Waals surface area (Å²) in [7, 11) is 0. The molecule has 0 saturated carbocycles. The van der Waals surface area contributed by atoms with Crippen molar-refractivity contribution < 1.29 is 4.79 Å². The van der Waals surface area contributed by atoms with Crippen LogP contribution in [0.15, 0.2) is 30.3 Å². The van der Waals surface area contributed by atoms with E-state index >= 15 is 0 Å². The second-order valence-corrected chi connectivity index (χ2v) is 3.77. The molecule has 1 aromatic carbocycles. The number of β-lactam (4-membered cyclic amide) rings is 1. The Morgan fingerprint density at radius 3 is 2.50 bits per heavy atom. The lowest BCUT2D eigenvalue weighted by Crippen LogP contribution is -2.53. The predicted molar refractivity (Wildman–Crippen MR) is 55.7 cm³/mol. The van der Waals surface area contributed by atoms with Gasteiger partial charge in [-0.1, -0.05) is 37.3 Å². The van der Waals surface area contributed by atoms with Crippen LogP contribution < -0.4 is 0 Å². The lowest BCUT2D eigenvalue weighted by Gasteiger charge is -2.45. The van der Waals surface area contributed by atoms with E-state index in [-0.39, 0.29) is 11.8 Å². The quantitative estimate of drug-likeness (QED) is 0.653. The van der Waals surface area contributed by atoms with E-state index in [1.54, 1.807) is 0 Å². The molecule has 0 aliphatic carbocycles. The molecule has 2 rings (SSSR count). The average Bonchev–Trinajstić information content (AvgIpc) is 2.25. The van der Waals surface area contributed by atoms with Crippen LogP contribution in [0.3, 0.4) is 0 Å². The number of amides is 1. The predicted octanol–water partition coefficient (Wildman–Crippen LogP) is 2.23. The minimum absolute atomic E-state index is 0.150. The monoisotopic (exact) mass is 189 g/mol. The van der Waals surface area contributed by atoms with Gasteiger partial charge in [0, 0.05) is 6.54 Å². The van der Waals surface area contributed by atoms with Crippen LogP contribution >= 0.6 is 0 Å². The number of rotatable bonds is 2. The smallest absolute Gasteiger partial charge is 0.228 e. The van der Waals surface area contributed by atoms with Gasteiger partial charge in [0.15, 0.2) is 0 Å². The first-order valence-electron chi connectivity index (χ1n) is 5.11. The van der Waals surface area contributed by atoms with Gasteiger partial charge in [-0.05, 0) is 12.5 Å². The molecule has 0 N–H and O–H groups in total. The van der Waals surface area contributed by atoms with E-state index in [1.165, 1.54) is 5.56 Å². The number of carbonyl (C=O) groups excluding carboxylic acids is 1. The Labute approximate surface area is 84.5 Å². The first-order chi connectivity index (χ1) is 6.75. The van der Waals surface area contributed by atoms with Crippen molar-refractivity contribution in [2.45, 2.75) is 19.9 Å². The van der Waals surface area contributed by atoms with Crippen LogP contribution in [0.4, 0.5) is 0 Å². The molecule has 0 unspecified atom stereocenters. The molecule has 1 aliphatic heterocycles. The molecule has 2 heteroatoms. The lowest BCUT2D eigenvalue weighted by atomic mass is 9.84. The third-order valence-corrected chi connectivity index (χ3v) is 2.96. The lowest BCUT2D eigenvalue weighted by molar-refractivity contribution is -0.155. The summed E-state index contributed by atoms with van der Waals surface area (Å²) in [6, 6.07) is 10.5. The molecule has 0 bridgehead atoms. The number of benzene rings is 1. The molecule has 2 nitrogen and oxygen atoms in total. The minimum atomic E-state index is 0.150. The van der Waals surface area contributed by atoms with Crippen LogP contribution in [-0.2, 0) is 4.79 Å². The van der Waals surface area contributed by atoms with E-state index in [4.69, 9.17) is 0 Å². The topological polar surface area (TPSA) is 20.3 Å². The normalized spacial score (nSPS) is 26.1. The van der Waals surface area contributed by atoms with Crippen molar-refractivity contribution in [3.63, 3.8) is 0 Å². The molecule has 0 spiro atoms. The van der Waals surface area contributed by atoms with Gasteiger partial charge in [0.25, 0.3) is 0 Å². The highest BCUT2D eigenvalue weighted by molar-refractivity contribution is 5.86. The summed E-state index contributed by atoms with van der Waals surface area (Å²) in [5.74, 6) is 0.429. The molecular weight excluding hydrogens is 174 g/mol. The highest BCUT2D eigenvalue weighted by Crippen LogP contribution is 2.38. The summed E-state index contributed by atoms with van der Waals surface area (Å²) in [5.41, 5.74) is 1.25. The third kappa shape index (κ3) is 1.22. The number of likely N-dealkylation sites (tertiary alicyclic amines) is 1. The van der Waals surface area contributed by atoms with E-state index < -0.39 is 0 Å². The molecule has 2 atom stereocenters. The summed E-state index contributed by atoms with van der Waals surface area (Å²) in [6.07, 6.45) is 0. The highest BCUT2D eigenvalue weighted by atomic mass is 16.2. The van der Waals surface area contributed by atoms with Crippen LogP contribution in [0.5, 0.6) is 0 Å². The van der Waals surface area contributed by atoms with Crippen LogP contribution in [0.25, 0.3) is 0 Å². The molecule has 1 heterocycles. The Hall–Kier alpha value is -1.31. The number of hydrogen-bond acceptors (Lipinski definition) is 1. The molecule has 1 amide bonds. The largest absolute Gasteiger partial charge is 0.335 e. The second-order valence-electron chi connectivity index (χ2n) is 3.77. The molecule has 0 radical (unpaired) electrons. The van der Waals surface area contributed by atoms with Gasteiger partial charge >= 0.3 is 0 Å². The van der Waals surface area contributed by atoms with E-state index in [2.05, 4.69) is 12.1 Å². The Kier molecular flexibility index (Phi) is 2.28. The van der Waals surface area contributed by atoms with Crippen molar-refractivity contribution in [1.29, 1.82) is 0 Å². The van der Waals surface area contributed by atoms with Crippen LogP contribution in [0.1, 0.15) is 25.5 Å². The summed E-state index contributed by atoms with van der Waals surface area (Å²) in [4.78, 5) is 13.4. The Bertz CT molecular complexity index is 333. The van der Waals surface area contributed by atoms with Crippen molar-refractivity contribution >= 4 is 5.91 Å². The van der Waals surface area contributed by atoms with Crippen molar-refractivity contribution in [2.24, 2.45) is 5.92 Å². The van der Waals surface area contributed by atoms with Crippen LogP contribution in [-0.4, -0.2) is 17.4 Å². The molecule has 74 valence electrons. The molecule has 14 heavy (non-hydrogen) atoms. The molecule has 1 aromatic rings. The summed E-state index contributed by atoms with van der Waals surface area (Å²) < 4.78 is 0. The SMILES string of the molecule is CCN1C(=O)[C@H](C)[C@@H]1c1ccccc1. The third-order valence-electron chi connectivity index (χ3n) is 2.96. The fourth-order valence-corrected chi connectivity index (χ4v) is 2.19. The van der Waals surface area contributed by atoms with Gasteiger partial charge in [-0.15, -0.1) is 0 Å². The molecule has 1 saturated heterocycles. The van der Waals surface area contributed by atoms with Crippen molar-refractivity contribution in [3.05, 3.63) is 35.9 Å². The minimum Gasteiger partial charge on any atom is -0.335 e. The Morgan fingerprint density at radius 1 is 1.29 bits per heavy atom. The van der Waals surface area contributed by atoms with Gasteiger partial charge in [0.2, 0.25) is 5.91 Å². The standard InChI is InChI=1S/C12H15NO/c1-3-13-11(9(2)12(13)14)10-7-5-4-6-8-10/h4-9,11H,3H2,1-2H3/t9-,11-/m1/s1. The number of nitrogens with zero attached hydrogens (tertiary/aromatic N) is 1. The van der Waals surface area contributed by atoms with E-state index in [0.717, 1.165) is 6.54 Å². The number of carbonyl (C=O) groups is 1. The summed E-state index contributed by atoms with van der Waals surface area (Å²) in [6.45, 7) is 4.84. The van der Waals surface area contributed by atoms with Gasteiger partial charge in [-0.3, -0.25) is 4.79 Å². The molecular formula is C12H15NO. The van der Waals surface area contributed by atoms with E-state index in [9.17, 15) is 4.79 Å². The average molecular weight is 189 g/mol. The zero-order valence-electron chi connectivity index (χ0n) is 8.60. The van der Waals surface area contributed by atoms with Crippen molar-refractivity contribution in [3.8, 4) is 0 Å². The van der Waals surface area contributed by atoms with Gasteiger partial charge in [-0.2, -0.15) is 0 Å². The van der Waals surface area contributed by atoms with Gasteiger partial charge in [0.1, 0.15) is 0 Å². The van der Waals surface area contributed by atoms with Crippen LogP contribution in [0.2, 0.25) is 0 Å². The maximum absolute atomic E-state index is 11.5. The van der Waals surface area contributed by atoms with Gasteiger partial charge in [-0.25, -0.2) is 0 Å². The molecule has 0 aromatic heterocycles.